The highest BCUT2D eigenvalue weighted by molar-refractivity contribution is 5.85. The van der Waals surface area contributed by atoms with Crippen molar-refractivity contribution in [3.05, 3.63) is 0 Å². The molecule has 0 radical (unpaired) electrons. The molecule has 2 rings (SSSR count). The zero-order valence-corrected chi connectivity index (χ0v) is 12.2. The van der Waals surface area contributed by atoms with Gasteiger partial charge in [0.2, 0.25) is 5.91 Å². The number of piperidine rings is 1. The van der Waals surface area contributed by atoms with Crippen molar-refractivity contribution < 1.29 is 9.53 Å². The van der Waals surface area contributed by atoms with Crippen LogP contribution < -0.4 is 5.32 Å². The Labute approximate surface area is 116 Å². The smallest absolute Gasteiger partial charge is 0.223 e. The summed E-state index contributed by atoms with van der Waals surface area (Å²) in [6.07, 6.45) is 3.18. The normalized spacial score (nSPS) is 29.8. The van der Waals surface area contributed by atoms with E-state index in [1.54, 1.807) is 0 Å². The molecule has 2 unspecified atom stereocenters. The summed E-state index contributed by atoms with van der Waals surface area (Å²) in [5.74, 6) is 0.897. The van der Waals surface area contributed by atoms with E-state index in [9.17, 15) is 4.79 Å². The molecule has 106 valence electrons. The Kier molecular flexibility index (Phi) is 6.39. The van der Waals surface area contributed by atoms with Crippen molar-refractivity contribution in [3.8, 4) is 0 Å². The van der Waals surface area contributed by atoms with Gasteiger partial charge in [-0.2, -0.15) is 0 Å². The van der Waals surface area contributed by atoms with Gasteiger partial charge in [0.25, 0.3) is 0 Å². The van der Waals surface area contributed by atoms with Gasteiger partial charge in [-0.1, -0.05) is 0 Å². The molecule has 0 aromatic carbocycles. The van der Waals surface area contributed by atoms with E-state index in [-0.39, 0.29) is 24.6 Å². The zero-order chi connectivity index (χ0) is 12.3. The second-order valence-electron chi connectivity index (χ2n) is 5.44. The summed E-state index contributed by atoms with van der Waals surface area (Å²) < 4.78 is 5.56. The lowest BCUT2D eigenvalue weighted by atomic mass is 9.93. The molecule has 2 aliphatic heterocycles. The first kappa shape index (κ1) is 15.7. The van der Waals surface area contributed by atoms with Crippen molar-refractivity contribution in [1.82, 2.24) is 10.2 Å². The Hall–Kier alpha value is -0.320. The molecular weight excluding hydrogens is 252 g/mol. The summed E-state index contributed by atoms with van der Waals surface area (Å²) in [6.45, 7) is 7.67. The van der Waals surface area contributed by atoms with E-state index >= 15 is 0 Å². The average molecular weight is 277 g/mol. The van der Waals surface area contributed by atoms with E-state index in [1.807, 2.05) is 11.8 Å². The van der Waals surface area contributed by atoms with Crippen LogP contribution >= 0.6 is 12.4 Å². The number of rotatable bonds is 2. The van der Waals surface area contributed by atoms with Gasteiger partial charge in [-0.05, 0) is 45.7 Å². The number of amides is 1. The number of carbonyl (C=O) groups is 1. The van der Waals surface area contributed by atoms with E-state index in [2.05, 4.69) is 12.2 Å². The molecule has 0 spiro atoms. The third kappa shape index (κ3) is 4.11. The van der Waals surface area contributed by atoms with Gasteiger partial charge in [-0.3, -0.25) is 4.79 Å². The van der Waals surface area contributed by atoms with E-state index < -0.39 is 0 Å². The van der Waals surface area contributed by atoms with Crippen molar-refractivity contribution >= 4 is 18.3 Å². The minimum absolute atomic E-state index is 0. The topological polar surface area (TPSA) is 41.6 Å². The molecule has 5 heteroatoms. The summed E-state index contributed by atoms with van der Waals surface area (Å²) >= 11 is 0. The summed E-state index contributed by atoms with van der Waals surface area (Å²) in [6, 6.07) is 0.236. The number of nitrogens with zero attached hydrogens (tertiary/aromatic N) is 1. The largest absolute Gasteiger partial charge is 0.375 e. The SMILES string of the molecule is CC1CN(C(=O)CC2CCNCC2)C(C)CO1.Cl. The van der Waals surface area contributed by atoms with Crippen LogP contribution in [0.3, 0.4) is 0 Å². The highest BCUT2D eigenvalue weighted by Gasteiger charge is 2.29. The highest BCUT2D eigenvalue weighted by atomic mass is 35.5. The average Bonchev–Trinajstić information content (AvgIpc) is 2.33. The Bertz CT molecular complexity index is 270. The number of hydrogen-bond donors (Lipinski definition) is 1. The predicted molar refractivity (Wildman–Crippen MR) is 74.0 cm³/mol. The fourth-order valence-electron chi connectivity index (χ4n) is 2.70. The molecule has 4 nitrogen and oxygen atoms in total. The highest BCUT2D eigenvalue weighted by Crippen LogP contribution is 2.20. The van der Waals surface area contributed by atoms with E-state index in [0.29, 0.717) is 18.4 Å². The standard InChI is InChI=1S/C13H24N2O2.ClH/c1-10-9-17-11(2)8-15(10)13(16)7-12-3-5-14-6-4-12;/h10-12,14H,3-9H2,1-2H3;1H. The van der Waals surface area contributed by atoms with Gasteiger partial charge in [0.05, 0.1) is 18.8 Å². The van der Waals surface area contributed by atoms with Gasteiger partial charge in [-0.15, -0.1) is 12.4 Å². The Morgan fingerprint density at radius 2 is 2.00 bits per heavy atom. The van der Waals surface area contributed by atoms with Crippen LogP contribution in [0.2, 0.25) is 0 Å². The van der Waals surface area contributed by atoms with E-state index in [1.165, 1.54) is 0 Å². The molecule has 1 amide bonds. The minimum Gasteiger partial charge on any atom is -0.375 e. The first-order valence-corrected chi connectivity index (χ1v) is 6.78. The lowest BCUT2D eigenvalue weighted by Gasteiger charge is -2.37. The Morgan fingerprint density at radius 3 is 2.67 bits per heavy atom. The van der Waals surface area contributed by atoms with Crippen molar-refractivity contribution in [1.29, 1.82) is 0 Å². The van der Waals surface area contributed by atoms with Crippen LogP contribution in [0.25, 0.3) is 0 Å². The number of morpholine rings is 1. The first-order valence-electron chi connectivity index (χ1n) is 6.78. The zero-order valence-electron chi connectivity index (χ0n) is 11.4. The number of nitrogens with one attached hydrogen (secondary N) is 1. The van der Waals surface area contributed by atoms with E-state index in [0.717, 1.165) is 38.9 Å². The maximum absolute atomic E-state index is 12.3. The van der Waals surface area contributed by atoms with Crippen LogP contribution in [-0.4, -0.2) is 49.2 Å². The summed E-state index contributed by atoms with van der Waals surface area (Å²) in [5, 5.41) is 3.34. The molecule has 0 aromatic rings. The van der Waals surface area contributed by atoms with Crippen LogP contribution in [0.4, 0.5) is 0 Å². The number of carbonyl (C=O) groups excluding carboxylic acids is 1. The van der Waals surface area contributed by atoms with Crippen LogP contribution in [0.1, 0.15) is 33.1 Å². The van der Waals surface area contributed by atoms with Crippen molar-refractivity contribution in [2.24, 2.45) is 5.92 Å². The van der Waals surface area contributed by atoms with Crippen LogP contribution in [0.5, 0.6) is 0 Å². The first-order chi connectivity index (χ1) is 8.16. The molecule has 2 aliphatic rings. The van der Waals surface area contributed by atoms with Gasteiger partial charge in [-0.25, -0.2) is 0 Å². The van der Waals surface area contributed by atoms with Crippen LogP contribution in [-0.2, 0) is 9.53 Å². The predicted octanol–water partition coefficient (Wildman–Crippen LogP) is 1.43. The fraction of sp³-hybridized carbons (Fsp3) is 0.923. The number of ether oxygens (including phenoxy) is 1. The maximum Gasteiger partial charge on any atom is 0.223 e. The Morgan fingerprint density at radius 1 is 1.33 bits per heavy atom. The monoisotopic (exact) mass is 276 g/mol. The summed E-state index contributed by atoms with van der Waals surface area (Å²) in [4.78, 5) is 14.3. The van der Waals surface area contributed by atoms with Gasteiger partial charge < -0.3 is 15.0 Å². The molecule has 2 saturated heterocycles. The molecule has 18 heavy (non-hydrogen) atoms. The lowest BCUT2D eigenvalue weighted by Crippen LogP contribution is -2.50. The molecule has 0 aromatic heterocycles. The van der Waals surface area contributed by atoms with Crippen LogP contribution in [0, 0.1) is 5.92 Å². The van der Waals surface area contributed by atoms with Crippen molar-refractivity contribution in [3.63, 3.8) is 0 Å². The molecule has 0 aliphatic carbocycles. The lowest BCUT2D eigenvalue weighted by molar-refractivity contribution is -0.144. The summed E-state index contributed by atoms with van der Waals surface area (Å²) in [5.41, 5.74) is 0. The van der Waals surface area contributed by atoms with Gasteiger partial charge in [0, 0.05) is 13.0 Å². The van der Waals surface area contributed by atoms with Gasteiger partial charge in [0.15, 0.2) is 0 Å². The van der Waals surface area contributed by atoms with Crippen molar-refractivity contribution in [2.75, 3.05) is 26.2 Å². The van der Waals surface area contributed by atoms with Crippen LogP contribution in [0.15, 0.2) is 0 Å². The van der Waals surface area contributed by atoms with Gasteiger partial charge >= 0.3 is 0 Å². The molecular formula is C13H25ClN2O2. The van der Waals surface area contributed by atoms with Crippen molar-refractivity contribution in [2.45, 2.75) is 45.3 Å². The molecule has 2 fully saturated rings. The molecule has 0 saturated carbocycles. The molecule has 2 heterocycles. The maximum atomic E-state index is 12.3. The number of hydrogen-bond acceptors (Lipinski definition) is 3. The van der Waals surface area contributed by atoms with Gasteiger partial charge in [0.1, 0.15) is 0 Å². The molecule has 1 N–H and O–H groups in total. The molecule has 2 atom stereocenters. The number of halogens is 1. The van der Waals surface area contributed by atoms with E-state index in [4.69, 9.17) is 4.74 Å². The third-order valence-corrected chi connectivity index (χ3v) is 3.85. The minimum atomic E-state index is 0. The fourth-order valence-corrected chi connectivity index (χ4v) is 2.70. The summed E-state index contributed by atoms with van der Waals surface area (Å²) in [7, 11) is 0. The molecule has 0 bridgehead atoms. The third-order valence-electron chi connectivity index (χ3n) is 3.85. The Balaban J connectivity index is 0.00000162. The quantitative estimate of drug-likeness (QED) is 0.830. The second kappa shape index (κ2) is 7.31. The second-order valence-corrected chi connectivity index (χ2v) is 5.44.